The second-order valence-corrected chi connectivity index (χ2v) is 8.24. The number of anilines is 1. The van der Waals surface area contributed by atoms with E-state index in [1.54, 1.807) is 47.3 Å². The summed E-state index contributed by atoms with van der Waals surface area (Å²) in [5.74, 6) is 0.257. The number of amides is 2. The third kappa shape index (κ3) is 5.99. The molecule has 2 amide bonds. The summed E-state index contributed by atoms with van der Waals surface area (Å²) < 4.78 is 5.40. The van der Waals surface area contributed by atoms with Crippen LogP contribution in [-0.2, 0) is 11.3 Å². The highest BCUT2D eigenvalue weighted by molar-refractivity contribution is 5.92. The van der Waals surface area contributed by atoms with Crippen molar-refractivity contribution < 1.29 is 18.9 Å². The van der Waals surface area contributed by atoms with Gasteiger partial charge in [-0.25, -0.2) is 4.98 Å². The first-order chi connectivity index (χ1) is 16.9. The molecule has 0 unspecified atom stereocenters. The number of hydrogen-bond acceptors (Lipinski definition) is 8. The molecule has 0 bridgehead atoms. The maximum absolute atomic E-state index is 13.0. The number of rotatable bonds is 8. The number of aryl methyl sites for hydroxylation is 1. The SMILES string of the molecule is Cc1cnc(C(=O)N(CCC(=O)N2CCN(c3ccc([N+](=O)[O-])cc3)CC2)Cc2ccco2)cn1. The number of nitro benzene ring substituents is 1. The molecule has 0 radical (unpaired) electrons. The van der Waals surface area contributed by atoms with Crippen molar-refractivity contribution in [3.8, 4) is 0 Å². The average molecular weight is 479 g/mol. The van der Waals surface area contributed by atoms with Gasteiger partial charge in [-0.15, -0.1) is 0 Å². The van der Waals surface area contributed by atoms with Crippen LogP contribution in [0.5, 0.6) is 0 Å². The predicted octanol–water partition coefficient (Wildman–Crippen LogP) is 2.67. The van der Waals surface area contributed by atoms with Gasteiger partial charge in [0.2, 0.25) is 5.91 Å². The average Bonchev–Trinajstić information content (AvgIpc) is 3.40. The first-order valence-electron chi connectivity index (χ1n) is 11.3. The lowest BCUT2D eigenvalue weighted by atomic mass is 10.2. The van der Waals surface area contributed by atoms with Crippen molar-refractivity contribution in [2.75, 3.05) is 37.6 Å². The molecule has 182 valence electrons. The topological polar surface area (TPSA) is 126 Å². The molecule has 1 fully saturated rings. The lowest BCUT2D eigenvalue weighted by molar-refractivity contribution is -0.384. The highest BCUT2D eigenvalue weighted by Gasteiger charge is 2.24. The maximum Gasteiger partial charge on any atom is 0.274 e. The summed E-state index contributed by atoms with van der Waals surface area (Å²) in [6.07, 6.45) is 4.68. The number of nitrogens with zero attached hydrogens (tertiary/aromatic N) is 6. The molecule has 0 saturated carbocycles. The molecule has 0 spiro atoms. The summed E-state index contributed by atoms with van der Waals surface area (Å²) in [4.78, 5) is 50.1. The summed E-state index contributed by atoms with van der Waals surface area (Å²) in [7, 11) is 0. The number of carbonyl (C=O) groups excluding carboxylic acids is 2. The van der Waals surface area contributed by atoms with Gasteiger partial charge < -0.3 is 19.1 Å². The first kappa shape index (κ1) is 23.9. The van der Waals surface area contributed by atoms with E-state index < -0.39 is 4.92 Å². The third-order valence-corrected chi connectivity index (χ3v) is 5.87. The standard InChI is InChI=1S/C24H26N6O5/c1-18-15-26-22(16-25-18)24(32)29(17-21-3-2-14-35-21)9-8-23(31)28-12-10-27(11-13-28)19-4-6-20(7-5-19)30(33)34/h2-7,14-16H,8-13,17H2,1H3. The van der Waals surface area contributed by atoms with Gasteiger partial charge in [-0.05, 0) is 31.2 Å². The van der Waals surface area contributed by atoms with Crippen LogP contribution in [0.25, 0.3) is 0 Å². The van der Waals surface area contributed by atoms with Crippen LogP contribution in [-0.4, -0.2) is 69.2 Å². The van der Waals surface area contributed by atoms with Crippen LogP contribution in [0.15, 0.2) is 59.5 Å². The minimum absolute atomic E-state index is 0.0411. The highest BCUT2D eigenvalue weighted by Crippen LogP contribution is 2.21. The third-order valence-electron chi connectivity index (χ3n) is 5.87. The minimum atomic E-state index is -0.425. The fourth-order valence-electron chi connectivity index (χ4n) is 3.90. The Labute approximate surface area is 202 Å². The smallest absolute Gasteiger partial charge is 0.274 e. The van der Waals surface area contributed by atoms with Crippen LogP contribution in [0, 0.1) is 17.0 Å². The van der Waals surface area contributed by atoms with Crippen LogP contribution in [0.2, 0.25) is 0 Å². The second kappa shape index (κ2) is 10.8. The molecule has 11 heteroatoms. The van der Waals surface area contributed by atoms with E-state index in [1.165, 1.54) is 24.5 Å². The number of benzene rings is 1. The summed E-state index contributed by atoms with van der Waals surface area (Å²) in [6.45, 7) is 4.55. The molecular formula is C24H26N6O5. The van der Waals surface area contributed by atoms with Gasteiger partial charge in [-0.3, -0.25) is 24.7 Å². The molecule has 0 aliphatic carbocycles. The number of nitro groups is 1. The molecule has 3 heterocycles. The zero-order chi connectivity index (χ0) is 24.8. The summed E-state index contributed by atoms with van der Waals surface area (Å²) in [6, 6.07) is 9.94. The van der Waals surface area contributed by atoms with Crippen molar-refractivity contribution in [1.82, 2.24) is 19.8 Å². The normalized spacial score (nSPS) is 13.5. The van der Waals surface area contributed by atoms with E-state index in [1.807, 2.05) is 0 Å². The predicted molar refractivity (Wildman–Crippen MR) is 127 cm³/mol. The number of aromatic nitrogens is 2. The number of piperazine rings is 1. The van der Waals surface area contributed by atoms with E-state index >= 15 is 0 Å². The van der Waals surface area contributed by atoms with Crippen LogP contribution < -0.4 is 4.90 Å². The van der Waals surface area contributed by atoms with E-state index in [2.05, 4.69) is 14.9 Å². The molecule has 4 rings (SSSR count). The Bertz CT molecular complexity index is 1160. The van der Waals surface area contributed by atoms with Crippen LogP contribution in [0.4, 0.5) is 11.4 Å². The lowest BCUT2D eigenvalue weighted by Gasteiger charge is -2.36. The van der Waals surface area contributed by atoms with Crippen molar-refractivity contribution >= 4 is 23.2 Å². The number of furan rings is 1. The van der Waals surface area contributed by atoms with Crippen molar-refractivity contribution in [1.29, 1.82) is 0 Å². The van der Waals surface area contributed by atoms with Gasteiger partial charge in [-0.1, -0.05) is 0 Å². The summed E-state index contributed by atoms with van der Waals surface area (Å²) in [5, 5.41) is 10.9. The van der Waals surface area contributed by atoms with Crippen LogP contribution in [0.1, 0.15) is 28.4 Å². The highest BCUT2D eigenvalue weighted by atomic mass is 16.6. The quantitative estimate of drug-likeness (QED) is 0.357. The monoisotopic (exact) mass is 478 g/mol. The van der Waals surface area contributed by atoms with Crippen molar-refractivity contribution in [3.63, 3.8) is 0 Å². The molecule has 1 aromatic carbocycles. The fraction of sp³-hybridized carbons (Fsp3) is 0.333. The van der Waals surface area contributed by atoms with Crippen molar-refractivity contribution in [3.05, 3.63) is 82.3 Å². The molecule has 11 nitrogen and oxygen atoms in total. The molecule has 1 aliphatic heterocycles. The zero-order valence-corrected chi connectivity index (χ0v) is 19.4. The zero-order valence-electron chi connectivity index (χ0n) is 19.4. The Morgan fingerprint density at radius 3 is 2.43 bits per heavy atom. The summed E-state index contributed by atoms with van der Waals surface area (Å²) >= 11 is 0. The second-order valence-electron chi connectivity index (χ2n) is 8.24. The van der Waals surface area contributed by atoms with Crippen LogP contribution >= 0.6 is 0 Å². The van der Waals surface area contributed by atoms with Gasteiger partial charge in [0.1, 0.15) is 11.5 Å². The first-order valence-corrected chi connectivity index (χ1v) is 11.3. The van der Waals surface area contributed by atoms with E-state index in [4.69, 9.17) is 4.42 Å². The maximum atomic E-state index is 13.0. The Balaban J connectivity index is 1.34. The van der Waals surface area contributed by atoms with E-state index in [-0.39, 0.29) is 42.7 Å². The molecular weight excluding hydrogens is 452 g/mol. The van der Waals surface area contributed by atoms with Gasteiger partial charge in [0.15, 0.2) is 0 Å². The number of non-ortho nitro benzene ring substituents is 1. The van der Waals surface area contributed by atoms with Gasteiger partial charge in [0, 0.05) is 63.2 Å². The van der Waals surface area contributed by atoms with E-state index in [0.717, 1.165) is 5.69 Å². The Morgan fingerprint density at radius 2 is 1.83 bits per heavy atom. The molecule has 0 N–H and O–H groups in total. The molecule has 2 aromatic heterocycles. The van der Waals surface area contributed by atoms with Gasteiger partial charge in [-0.2, -0.15) is 0 Å². The fourth-order valence-corrected chi connectivity index (χ4v) is 3.90. The molecule has 1 aliphatic rings. The largest absolute Gasteiger partial charge is 0.467 e. The van der Waals surface area contributed by atoms with E-state index in [0.29, 0.717) is 37.6 Å². The van der Waals surface area contributed by atoms with Crippen molar-refractivity contribution in [2.24, 2.45) is 0 Å². The minimum Gasteiger partial charge on any atom is -0.467 e. The van der Waals surface area contributed by atoms with Gasteiger partial charge >= 0.3 is 0 Å². The molecule has 1 saturated heterocycles. The molecule has 3 aromatic rings. The molecule has 0 atom stereocenters. The molecule has 35 heavy (non-hydrogen) atoms. The van der Waals surface area contributed by atoms with Crippen LogP contribution in [0.3, 0.4) is 0 Å². The van der Waals surface area contributed by atoms with E-state index in [9.17, 15) is 19.7 Å². The van der Waals surface area contributed by atoms with Crippen molar-refractivity contribution in [2.45, 2.75) is 19.9 Å². The number of carbonyl (C=O) groups is 2. The summed E-state index contributed by atoms with van der Waals surface area (Å²) in [5.41, 5.74) is 1.86. The Morgan fingerprint density at radius 1 is 1.09 bits per heavy atom. The Hall–Kier alpha value is -4.28. The lowest BCUT2D eigenvalue weighted by Crippen LogP contribution is -2.49. The number of hydrogen-bond donors (Lipinski definition) is 0. The van der Waals surface area contributed by atoms with Gasteiger partial charge in [0.25, 0.3) is 11.6 Å². The van der Waals surface area contributed by atoms with Gasteiger partial charge in [0.05, 0.1) is 29.6 Å². The Kier molecular flexibility index (Phi) is 7.34.